The average molecular weight is 500 g/mol. The third kappa shape index (κ3) is 6.24. The highest BCUT2D eigenvalue weighted by atomic mass is 32.1. The quantitative estimate of drug-likeness (QED) is 0.451. The summed E-state index contributed by atoms with van der Waals surface area (Å²) in [5, 5.41) is 12.5. The van der Waals surface area contributed by atoms with Crippen LogP contribution in [0.1, 0.15) is 39.7 Å². The lowest BCUT2D eigenvalue weighted by molar-refractivity contribution is 0.143. The van der Waals surface area contributed by atoms with Gasteiger partial charge in [-0.25, -0.2) is 9.78 Å². The Balaban J connectivity index is 1.46. The molecule has 1 fully saturated rings. The molecule has 2 aromatic heterocycles. The van der Waals surface area contributed by atoms with E-state index in [0.717, 1.165) is 46.7 Å². The SMILES string of the molecule is CCOCCCNC(=O)N1CCN(c2nn3c(NC(C)(C)C)c(-c4cccc(C)c4)nc3s2)CC1. The van der Waals surface area contributed by atoms with Crippen LogP contribution >= 0.6 is 11.3 Å². The number of nitrogens with zero attached hydrogens (tertiary/aromatic N) is 5. The molecule has 1 saturated heterocycles. The van der Waals surface area contributed by atoms with Gasteiger partial charge >= 0.3 is 6.03 Å². The number of carbonyl (C=O) groups excluding carboxylic acids is 1. The molecule has 1 aliphatic heterocycles. The smallest absolute Gasteiger partial charge is 0.317 e. The molecule has 3 aromatic rings. The van der Waals surface area contributed by atoms with Crippen LogP contribution in [0.4, 0.5) is 15.7 Å². The average Bonchev–Trinajstić information content (AvgIpc) is 3.37. The van der Waals surface area contributed by atoms with Crippen molar-refractivity contribution in [3.05, 3.63) is 29.8 Å². The molecule has 0 saturated carbocycles. The number of piperazine rings is 1. The highest BCUT2D eigenvalue weighted by molar-refractivity contribution is 7.20. The van der Waals surface area contributed by atoms with Crippen molar-refractivity contribution in [2.24, 2.45) is 0 Å². The summed E-state index contributed by atoms with van der Waals surface area (Å²) in [5.74, 6) is 0.908. The molecule has 9 nitrogen and oxygen atoms in total. The predicted molar refractivity (Wildman–Crippen MR) is 143 cm³/mol. The monoisotopic (exact) mass is 499 g/mol. The van der Waals surface area contributed by atoms with Gasteiger partial charge in [0.2, 0.25) is 10.1 Å². The maximum atomic E-state index is 12.5. The van der Waals surface area contributed by atoms with Crippen LogP contribution in [0.15, 0.2) is 24.3 Å². The first-order chi connectivity index (χ1) is 16.7. The minimum Gasteiger partial charge on any atom is -0.382 e. The Morgan fingerprint density at radius 3 is 2.66 bits per heavy atom. The Labute approximate surface area is 211 Å². The fourth-order valence-electron chi connectivity index (χ4n) is 4.05. The van der Waals surface area contributed by atoms with Crippen molar-refractivity contribution < 1.29 is 9.53 Å². The van der Waals surface area contributed by atoms with Crippen molar-refractivity contribution in [1.29, 1.82) is 0 Å². The maximum Gasteiger partial charge on any atom is 0.317 e. The second-order valence-corrected chi connectivity index (χ2v) is 10.8. The molecule has 1 aliphatic rings. The van der Waals surface area contributed by atoms with Crippen molar-refractivity contribution in [3.8, 4) is 11.3 Å². The second-order valence-electron chi connectivity index (χ2n) is 9.89. The fourth-order valence-corrected chi connectivity index (χ4v) is 5.01. The van der Waals surface area contributed by atoms with Gasteiger partial charge in [0.05, 0.1) is 0 Å². The number of fused-ring (bicyclic) bond motifs is 1. The number of ether oxygens (including phenoxy) is 1. The largest absolute Gasteiger partial charge is 0.382 e. The highest BCUT2D eigenvalue weighted by Gasteiger charge is 2.26. The van der Waals surface area contributed by atoms with Gasteiger partial charge in [-0.2, -0.15) is 4.52 Å². The molecule has 3 heterocycles. The van der Waals surface area contributed by atoms with Gasteiger partial charge in [-0.3, -0.25) is 0 Å². The third-order valence-corrected chi connectivity index (χ3v) is 6.73. The van der Waals surface area contributed by atoms with Crippen molar-refractivity contribution in [3.63, 3.8) is 0 Å². The Kier molecular flexibility index (Phi) is 7.81. The molecular weight excluding hydrogens is 462 g/mol. The van der Waals surface area contributed by atoms with Gasteiger partial charge in [0, 0.05) is 57.0 Å². The molecule has 2 N–H and O–H groups in total. The summed E-state index contributed by atoms with van der Waals surface area (Å²) in [6.45, 7) is 15.3. The minimum atomic E-state index is -0.139. The fraction of sp³-hybridized carbons (Fsp3) is 0.560. The summed E-state index contributed by atoms with van der Waals surface area (Å²) >= 11 is 1.59. The van der Waals surface area contributed by atoms with Gasteiger partial charge in [-0.05, 0) is 47.1 Å². The number of anilines is 2. The van der Waals surface area contributed by atoms with Crippen LogP contribution in [0, 0.1) is 6.92 Å². The molecule has 35 heavy (non-hydrogen) atoms. The van der Waals surface area contributed by atoms with Crippen LogP contribution in [0.25, 0.3) is 16.2 Å². The van der Waals surface area contributed by atoms with E-state index in [1.54, 1.807) is 11.3 Å². The van der Waals surface area contributed by atoms with Gasteiger partial charge in [0.1, 0.15) is 5.69 Å². The van der Waals surface area contributed by atoms with E-state index in [9.17, 15) is 4.79 Å². The number of aromatic nitrogens is 3. The molecule has 10 heteroatoms. The van der Waals surface area contributed by atoms with Crippen LogP contribution in [-0.4, -0.2) is 77.0 Å². The first-order valence-electron chi connectivity index (χ1n) is 12.4. The first kappa shape index (κ1) is 25.2. The first-order valence-corrected chi connectivity index (χ1v) is 13.2. The van der Waals surface area contributed by atoms with Crippen LogP contribution in [-0.2, 0) is 4.74 Å². The van der Waals surface area contributed by atoms with E-state index in [1.807, 2.05) is 16.3 Å². The number of aryl methyl sites for hydroxylation is 1. The topological polar surface area (TPSA) is 87.0 Å². The third-order valence-electron chi connectivity index (χ3n) is 5.76. The molecule has 0 bridgehead atoms. The zero-order valence-corrected chi connectivity index (χ0v) is 22.2. The van der Waals surface area contributed by atoms with Crippen molar-refractivity contribution in [1.82, 2.24) is 24.8 Å². The van der Waals surface area contributed by atoms with Crippen LogP contribution in [0.3, 0.4) is 0 Å². The number of nitrogens with one attached hydrogen (secondary N) is 2. The molecule has 0 spiro atoms. The van der Waals surface area contributed by atoms with Gasteiger partial charge in [-0.1, -0.05) is 35.1 Å². The number of urea groups is 1. The van der Waals surface area contributed by atoms with Crippen molar-refractivity contribution in [2.75, 3.05) is 56.2 Å². The number of amides is 2. The summed E-state index contributed by atoms with van der Waals surface area (Å²) in [6, 6.07) is 8.40. The number of imidazole rings is 1. The van der Waals surface area contributed by atoms with E-state index in [1.165, 1.54) is 5.56 Å². The van der Waals surface area contributed by atoms with E-state index in [-0.39, 0.29) is 11.6 Å². The van der Waals surface area contributed by atoms with Gasteiger partial charge in [0.25, 0.3) is 0 Å². The lowest BCUT2D eigenvalue weighted by Crippen LogP contribution is -2.52. The van der Waals surface area contributed by atoms with Crippen molar-refractivity contribution in [2.45, 2.75) is 46.6 Å². The van der Waals surface area contributed by atoms with Crippen LogP contribution in [0.2, 0.25) is 0 Å². The normalized spacial score (nSPS) is 14.5. The molecular formula is C25H37N7O2S. The van der Waals surface area contributed by atoms with Crippen molar-refractivity contribution >= 4 is 33.3 Å². The number of carbonyl (C=O) groups is 1. The van der Waals surface area contributed by atoms with E-state index >= 15 is 0 Å². The molecule has 0 radical (unpaired) electrons. The minimum absolute atomic E-state index is 0.00505. The van der Waals surface area contributed by atoms with Crippen LogP contribution < -0.4 is 15.5 Å². The molecule has 0 atom stereocenters. The summed E-state index contributed by atoms with van der Waals surface area (Å²) in [4.78, 5) is 22.4. The summed E-state index contributed by atoms with van der Waals surface area (Å²) in [5.41, 5.74) is 3.06. The second kappa shape index (κ2) is 10.8. The Morgan fingerprint density at radius 1 is 1.20 bits per heavy atom. The number of benzene rings is 1. The van der Waals surface area contributed by atoms with Crippen LogP contribution in [0.5, 0.6) is 0 Å². The Hall–Kier alpha value is -2.85. The summed E-state index contributed by atoms with van der Waals surface area (Å²) in [6.07, 6.45) is 0.827. The summed E-state index contributed by atoms with van der Waals surface area (Å²) < 4.78 is 7.26. The van der Waals surface area contributed by atoms with E-state index in [4.69, 9.17) is 14.8 Å². The van der Waals surface area contributed by atoms with Gasteiger partial charge in [-0.15, -0.1) is 5.10 Å². The maximum absolute atomic E-state index is 12.5. The zero-order chi connectivity index (χ0) is 25.0. The number of hydrogen-bond donors (Lipinski definition) is 2. The highest BCUT2D eigenvalue weighted by Crippen LogP contribution is 2.35. The standard InChI is InChI=1S/C25H37N7O2S/c1-6-34-16-8-11-26-22(33)30-12-14-31(15-13-30)24-29-32-21(28-25(3,4)5)20(27-23(32)35-24)19-10-7-9-18(2)17-19/h7,9-10,17,28H,6,8,11-16H2,1-5H3,(H,26,33). The number of rotatable bonds is 8. The molecule has 1 aromatic carbocycles. The lowest BCUT2D eigenvalue weighted by Gasteiger charge is -2.34. The van der Waals surface area contributed by atoms with Gasteiger partial charge < -0.3 is 25.2 Å². The zero-order valence-electron chi connectivity index (χ0n) is 21.4. The number of hydrogen-bond acceptors (Lipinski definition) is 7. The van der Waals surface area contributed by atoms with Gasteiger partial charge in [0.15, 0.2) is 5.82 Å². The molecule has 4 rings (SSSR count). The van der Waals surface area contributed by atoms with E-state index < -0.39 is 0 Å². The predicted octanol–water partition coefficient (Wildman–Crippen LogP) is 4.23. The Morgan fingerprint density at radius 2 is 1.97 bits per heavy atom. The van der Waals surface area contributed by atoms with E-state index in [2.05, 4.69) is 67.5 Å². The molecule has 2 amide bonds. The lowest BCUT2D eigenvalue weighted by atomic mass is 10.1. The summed E-state index contributed by atoms with van der Waals surface area (Å²) in [7, 11) is 0. The van der Waals surface area contributed by atoms with E-state index in [0.29, 0.717) is 32.8 Å². The molecule has 0 unspecified atom stereocenters. The molecule has 190 valence electrons. The Bertz CT molecular complexity index is 1140. The molecule has 0 aliphatic carbocycles.